The minimum Gasteiger partial charge on any atom is -0.354 e. The summed E-state index contributed by atoms with van der Waals surface area (Å²) in [5, 5.41) is 2.94. The maximum atomic E-state index is 11.6. The van der Waals surface area contributed by atoms with Crippen LogP contribution in [-0.4, -0.2) is 17.0 Å². The van der Waals surface area contributed by atoms with Gasteiger partial charge in [-0.1, -0.05) is 0 Å². The molecule has 16 heavy (non-hydrogen) atoms. The zero-order chi connectivity index (χ0) is 11.5. The molecule has 0 aliphatic heterocycles. The van der Waals surface area contributed by atoms with E-state index in [0.717, 1.165) is 18.0 Å². The van der Waals surface area contributed by atoms with Crippen LogP contribution in [0, 0.1) is 5.92 Å². The highest BCUT2D eigenvalue weighted by Crippen LogP contribution is 2.27. The van der Waals surface area contributed by atoms with Crippen molar-refractivity contribution in [3.63, 3.8) is 0 Å². The lowest BCUT2D eigenvalue weighted by molar-refractivity contribution is -0.121. The third-order valence-electron chi connectivity index (χ3n) is 2.91. The molecule has 1 aliphatic carbocycles. The van der Waals surface area contributed by atoms with E-state index >= 15 is 0 Å². The van der Waals surface area contributed by atoms with E-state index in [1.54, 1.807) is 0 Å². The molecule has 1 heterocycles. The predicted molar refractivity (Wildman–Crippen MR) is 62.8 cm³/mol. The monoisotopic (exact) mass is 221 g/mol. The molecule has 1 saturated carbocycles. The van der Waals surface area contributed by atoms with Crippen molar-refractivity contribution in [2.45, 2.75) is 32.4 Å². The predicted octanol–water partition coefficient (Wildman–Crippen LogP) is 1.03. The molecule has 1 atom stereocenters. The van der Waals surface area contributed by atoms with Crippen molar-refractivity contribution < 1.29 is 4.79 Å². The van der Waals surface area contributed by atoms with Crippen LogP contribution in [0.2, 0.25) is 0 Å². The topological polar surface area (TPSA) is 60.0 Å². The fraction of sp³-hybridized carbons (Fsp3) is 0.583. The van der Waals surface area contributed by atoms with Gasteiger partial charge in [0.05, 0.1) is 0 Å². The van der Waals surface area contributed by atoms with E-state index in [-0.39, 0.29) is 11.9 Å². The van der Waals surface area contributed by atoms with Gasteiger partial charge in [0.15, 0.2) is 0 Å². The van der Waals surface area contributed by atoms with Crippen molar-refractivity contribution in [3.05, 3.63) is 24.0 Å². The van der Waals surface area contributed by atoms with Crippen molar-refractivity contribution in [3.8, 4) is 0 Å². The number of nitrogens with zero attached hydrogens (tertiary/aromatic N) is 1. The summed E-state index contributed by atoms with van der Waals surface area (Å²) >= 11 is 0. The van der Waals surface area contributed by atoms with Crippen LogP contribution in [0.4, 0.5) is 0 Å². The Balaban J connectivity index is 1.79. The van der Waals surface area contributed by atoms with E-state index < -0.39 is 0 Å². The minimum atomic E-state index is 0.0239. The zero-order valence-electron chi connectivity index (χ0n) is 9.65. The summed E-state index contributed by atoms with van der Waals surface area (Å²) in [5.41, 5.74) is 6.82. The smallest absolute Gasteiger partial charge is 0.239 e. The van der Waals surface area contributed by atoms with Crippen molar-refractivity contribution in [2.75, 3.05) is 6.54 Å². The summed E-state index contributed by atoms with van der Waals surface area (Å²) in [5.74, 6) is 0.812. The number of nitrogens with two attached hydrogens (primary N) is 1. The van der Waals surface area contributed by atoms with E-state index in [0.29, 0.717) is 6.54 Å². The van der Waals surface area contributed by atoms with Crippen molar-refractivity contribution in [1.29, 1.82) is 0 Å². The maximum absolute atomic E-state index is 11.6. The van der Waals surface area contributed by atoms with E-state index in [1.807, 2.05) is 30.0 Å². The number of rotatable bonds is 5. The van der Waals surface area contributed by atoms with Gasteiger partial charge in [-0.15, -0.1) is 0 Å². The fourth-order valence-corrected chi connectivity index (χ4v) is 1.63. The largest absolute Gasteiger partial charge is 0.354 e. The lowest BCUT2D eigenvalue weighted by Crippen LogP contribution is -2.28. The molecule has 88 valence electrons. The van der Waals surface area contributed by atoms with E-state index in [4.69, 9.17) is 5.73 Å². The summed E-state index contributed by atoms with van der Waals surface area (Å²) in [7, 11) is 0. The molecule has 0 bridgehead atoms. The summed E-state index contributed by atoms with van der Waals surface area (Å²) in [4.78, 5) is 11.6. The second-order valence-electron chi connectivity index (χ2n) is 4.65. The molecule has 1 fully saturated rings. The Morgan fingerprint density at radius 1 is 1.69 bits per heavy atom. The molecule has 0 saturated heterocycles. The highest BCUT2D eigenvalue weighted by molar-refractivity contribution is 5.75. The van der Waals surface area contributed by atoms with E-state index in [1.165, 1.54) is 12.8 Å². The zero-order valence-corrected chi connectivity index (χ0v) is 9.65. The fourth-order valence-electron chi connectivity index (χ4n) is 1.63. The Labute approximate surface area is 95.8 Å². The number of amides is 1. The second kappa shape index (κ2) is 4.70. The van der Waals surface area contributed by atoms with E-state index in [2.05, 4.69) is 5.32 Å². The Morgan fingerprint density at radius 3 is 3.00 bits per heavy atom. The molecule has 1 amide bonds. The molecule has 1 aromatic rings. The Bertz CT molecular complexity index is 366. The van der Waals surface area contributed by atoms with Gasteiger partial charge in [0.25, 0.3) is 0 Å². The third kappa shape index (κ3) is 3.10. The van der Waals surface area contributed by atoms with Crippen LogP contribution in [0.15, 0.2) is 18.5 Å². The number of hydrogen-bond donors (Lipinski definition) is 2. The van der Waals surface area contributed by atoms with Gasteiger partial charge in [-0.25, -0.2) is 0 Å². The first-order valence-corrected chi connectivity index (χ1v) is 5.83. The first-order chi connectivity index (χ1) is 7.65. The number of nitrogens with one attached hydrogen (secondary N) is 1. The summed E-state index contributed by atoms with van der Waals surface area (Å²) < 4.78 is 1.88. The van der Waals surface area contributed by atoms with E-state index in [9.17, 15) is 4.79 Å². The summed E-state index contributed by atoms with van der Waals surface area (Å²) in [6.45, 7) is 3.16. The standard InChI is InChI=1S/C12H19N3O/c1-9(13)11-4-5-15(7-11)8-12(16)14-6-10-2-3-10/h4-5,7,9-10H,2-3,6,8,13H2,1H3,(H,14,16). The maximum Gasteiger partial charge on any atom is 0.239 e. The first-order valence-electron chi connectivity index (χ1n) is 5.83. The van der Waals surface area contributed by atoms with Crippen molar-refractivity contribution >= 4 is 5.91 Å². The molecule has 0 spiro atoms. The third-order valence-corrected chi connectivity index (χ3v) is 2.91. The van der Waals surface area contributed by atoms with Gasteiger partial charge in [-0.2, -0.15) is 0 Å². The molecule has 1 aromatic heterocycles. The van der Waals surface area contributed by atoms with Gasteiger partial charge in [0.1, 0.15) is 6.54 Å². The van der Waals surface area contributed by atoms with Crippen molar-refractivity contribution in [2.24, 2.45) is 11.7 Å². The molecule has 0 aromatic carbocycles. The average Bonchev–Trinajstić information content (AvgIpc) is 2.95. The van der Waals surface area contributed by atoms with Crippen LogP contribution in [-0.2, 0) is 11.3 Å². The van der Waals surface area contributed by atoms with Gasteiger partial charge >= 0.3 is 0 Å². The van der Waals surface area contributed by atoms with Crippen LogP contribution >= 0.6 is 0 Å². The SMILES string of the molecule is CC(N)c1ccn(CC(=O)NCC2CC2)c1. The summed E-state index contributed by atoms with van der Waals surface area (Å²) in [6.07, 6.45) is 6.36. The molecule has 0 radical (unpaired) electrons. The lowest BCUT2D eigenvalue weighted by atomic mass is 10.2. The molecule has 4 heteroatoms. The van der Waals surface area contributed by atoms with Gasteiger partial charge in [-0.05, 0) is 37.3 Å². The molecular formula is C12H19N3O. The molecular weight excluding hydrogens is 202 g/mol. The minimum absolute atomic E-state index is 0.0239. The number of hydrogen-bond acceptors (Lipinski definition) is 2. The highest BCUT2D eigenvalue weighted by atomic mass is 16.1. The summed E-state index contributed by atoms with van der Waals surface area (Å²) in [6, 6.07) is 1.98. The van der Waals surface area contributed by atoms with Crippen LogP contribution in [0.1, 0.15) is 31.4 Å². The molecule has 1 aliphatic rings. The molecule has 4 nitrogen and oxygen atoms in total. The molecule has 2 rings (SSSR count). The average molecular weight is 221 g/mol. The molecule has 1 unspecified atom stereocenters. The van der Waals surface area contributed by atoms with Crippen LogP contribution in [0.3, 0.4) is 0 Å². The highest BCUT2D eigenvalue weighted by Gasteiger charge is 2.21. The number of carbonyl (C=O) groups excluding carboxylic acids is 1. The van der Waals surface area contributed by atoms with Gasteiger partial charge in [0, 0.05) is 25.0 Å². The van der Waals surface area contributed by atoms with Gasteiger partial charge < -0.3 is 15.6 Å². The van der Waals surface area contributed by atoms with Gasteiger partial charge in [0.2, 0.25) is 5.91 Å². The van der Waals surface area contributed by atoms with Gasteiger partial charge in [-0.3, -0.25) is 4.79 Å². The van der Waals surface area contributed by atoms with Crippen LogP contribution < -0.4 is 11.1 Å². The second-order valence-corrected chi connectivity index (χ2v) is 4.65. The van der Waals surface area contributed by atoms with Crippen LogP contribution in [0.5, 0.6) is 0 Å². The first kappa shape index (κ1) is 11.2. The Hall–Kier alpha value is -1.29. The Kier molecular flexibility index (Phi) is 3.29. The quantitative estimate of drug-likeness (QED) is 0.780. The number of aromatic nitrogens is 1. The molecule has 3 N–H and O–H groups in total. The lowest BCUT2D eigenvalue weighted by Gasteiger charge is -2.05. The Morgan fingerprint density at radius 2 is 2.44 bits per heavy atom. The number of carbonyl (C=O) groups is 1. The normalized spacial score (nSPS) is 17.1. The van der Waals surface area contributed by atoms with Crippen molar-refractivity contribution in [1.82, 2.24) is 9.88 Å². The van der Waals surface area contributed by atoms with Crippen LogP contribution in [0.25, 0.3) is 0 Å².